The Hall–Kier alpha value is -2.62. The number of ether oxygens (including phenoxy) is 1. The first-order chi connectivity index (χ1) is 12.0. The maximum atomic E-state index is 12.5. The molecule has 0 amide bonds. The summed E-state index contributed by atoms with van der Waals surface area (Å²) in [4.78, 5) is 23.6. The minimum absolute atomic E-state index is 0.233. The highest BCUT2D eigenvalue weighted by Gasteiger charge is 2.32. The fraction of sp³-hybridized carbons (Fsp3) is 0.364. The Labute approximate surface area is 154 Å². The van der Waals surface area contributed by atoms with Crippen LogP contribution in [0.2, 0.25) is 0 Å². The molecule has 0 atom stereocenters. The van der Waals surface area contributed by atoms with Crippen molar-refractivity contribution in [2.75, 3.05) is 0 Å². The molecule has 4 nitrogen and oxygen atoms in total. The van der Waals surface area contributed by atoms with Gasteiger partial charge in [0.1, 0.15) is 5.60 Å². The van der Waals surface area contributed by atoms with Crippen molar-refractivity contribution in [2.45, 2.75) is 46.6 Å². The van der Waals surface area contributed by atoms with Crippen molar-refractivity contribution in [3.8, 4) is 11.1 Å². The molecule has 0 saturated heterocycles. The Morgan fingerprint density at radius 3 is 2.08 bits per heavy atom. The molecule has 138 valence electrons. The third-order valence-electron chi connectivity index (χ3n) is 3.97. The van der Waals surface area contributed by atoms with E-state index in [9.17, 15) is 9.59 Å². The summed E-state index contributed by atoms with van der Waals surface area (Å²) in [6, 6.07) is 14.7. The first-order valence-corrected chi connectivity index (χ1v) is 8.64. The molecule has 0 unspecified atom stereocenters. The van der Waals surface area contributed by atoms with Crippen molar-refractivity contribution in [1.82, 2.24) is 0 Å². The van der Waals surface area contributed by atoms with Gasteiger partial charge < -0.3 is 9.84 Å². The number of carbonyl (C=O) groups is 2. The summed E-state index contributed by atoms with van der Waals surface area (Å²) in [5, 5.41) is 9.17. The van der Waals surface area contributed by atoms with E-state index < -0.39 is 17.0 Å². The van der Waals surface area contributed by atoms with E-state index in [4.69, 9.17) is 9.84 Å². The van der Waals surface area contributed by atoms with Gasteiger partial charge in [-0.05, 0) is 69.9 Å². The van der Waals surface area contributed by atoms with Crippen molar-refractivity contribution in [3.63, 3.8) is 0 Å². The average molecular weight is 354 g/mol. The van der Waals surface area contributed by atoms with E-state index in [-0.39, 0.29) is 11.5 Å². The second-order valence-corrected chi connectivity index (χ2v) is 8.15. The molecular weight excluding hydrogens is 328 g/mol. The molecular formula is C22H26O4. The lowest BCUT2D eigenvalue weighted by molar-refractivity contribution is -0.165. The van der Waals surface area contributed by atoms with Crippen LogP contribution in [0.4, 0.5) is 0 Å². The molecule has 0 radical (unpaired) electrons. The second kappa shape index (κ2) is 7.32. The molecule has 0 aliphatic rings. The van der Waals surface area contributed by atoms with Crippen LogP contribution in [0.25, 0.3) is 11.1 Å². The van der Waals surface area contributed by atoms with E-state index in [1.54, 1.807) is 18.2 Å². The lowest BCUT2D eigenvalue weighted by atomic mass is 9.85. The summed E-state index contributed by atoms with van der Waals surface area (Å²) in [5.74, 6) is -1.18. The summed E-state index contributed by atoms with van der Waals surface area (Å²) >= 11 is 0. The summed E-state index contributed by atoms with van der Waals surface area (Å²) in [5.41, 5.74) is 1.83. The fourth-order valence-corrected chi connectivity index (χ4v) is 2.69. The van der Waals surface area contributed by atoms with Crippen molar-refractivity contribution in [3.05, 3.63) is 59.7 Å². The maximum absolute atomic E-state index is 12.5. The van der Waals surface area contributed by atoms with Crippen molar-refractivity contribution in [1.29, 1.82) is 0 Å². The normalized spacial score (nSPS) is 11.9. The van der Waals surface area contributed by atoms with Gasteiger partial charge in [-0.15, -0.1) is 0 Å². The summed E-state index contributed by atoms with van der Waals surface area (Å²) < 4.78 is 5.53. The first kappa shape index (κ1) is 19.7. The fourth-order valence-electron chi connectivity index (χ4n) is 2.69. The van der Waals surface area contributed by atoms with Gasteiger partial charge in [0.25, 0.3) is 0 Å². The molecule has 0 spiro atoms. The van der Waals surface area contributed by atoms with Crippen LogP contribution in [0, 0.1) is 5.41 Å². The number of benzene rings is 2. The number of hydrogen-bond donors (Lipinski definition) is 1. The number of carbonyl (C=O) groups excluding carboxylic acids is 1. The number of carboxylic acids is 1. The van der Waals surface area contributed by atoms with Gasteiger partial charge in [0.2, 0.25) is 0 Å². The lowest BCUT2D eigenvalue weighted by Gasteiger charge is -2.28. The largest absolute Gasteiger partial charge is 0.478 e. The van der Waals surface area contributed by atoms with Crippen molar-refractivity contribution in [2.24, 2.45) is 5.41 Å². The summed E-state index contributed by atoms with van der Waals surface area (Å²) in [6.45, 7) is 9.32. The number of aromatic carboxylic acids is 1. The van der Waals surface area contributed by atoms with Crippen LogP contribution in [0.15, 0.2) is 48.5 Å². The summed E-state index contributed by atoms with van der Waals surface area (Å²) in [7, 11) is 0. The molecule has 0 heterocycles. The SMILES string of the molecule is CC(C)(C)OC(=O)C(C)(C)Cc1cccc(-c2cccc(C(=O)O)c2)c1. The number of rotatable bonds is 5. The first-order valence-electron chi connectivity index (χ1n) is 8.64. The second-order valence-electron chi connectivity index (χ2n) is 8.15. The lowest BCUT2D eigenvalue weighted by Crippen LogP contribution is -2.35. The quantitative estimate of drug-likeness (QED) is 0.771. The van der Waals surface area contributed by atoms with E-state index >= 15 is 0 Å². The van der Waals surface area contributed by atoms with Crippen LogP contribution in [0.3, 0.4) is 0 Å². The van der Waals surface area contributed by atoms with Gasteiger partial charge in [-0.25, -0.2) is 4.79 Å². The number of hydrogen-bond acceptors (Lipinski definition) is 3. The predicted octanol–water partition coefficient (Wildman–Crippen LogP) is 4.96. The molecule has 2 rings (SSSR count). The van der Waals surface area contributed by atoms with E-state index in [2.05, 4.69) is 0 Å². The van der Waals surface area contributed by atoms with E-state index in [1.807, 2.05) is 65.0 Å². The molecule has 0 saturated carbocycles. The molecule has 0 aliphatic carbocycles. The minimum atomic E-state index is -0.950. The molecule has 2 aromatic carbocycles. The zero-order chi connectivity index (χ0) is 19.5. The van der Waals surface area contributed by atoms with Crippen LogP contribution in [0.5, 0.6) is 0 Å². The third kappa shape index (κ3) is 5.19. The van der Waals surface area contributed by atoms with Crippen LogP contribution >= 0.6 is 0 Å². The van der Waals surface area contributed by atoms with Gasteiger partial charge >= 0.3 is 11.9 Å². The van der Waals surface area contributed by atoms with Gasteiger partial charge in [-0.1, -0.05) is 36.4 Å². The Bertz CT molecular complexity index is 813. The Balaban J connectivity index is 2.25. The third-order valence-corrected chi connectivity index (χ3v) is 3.97. The highest BCUT2D eigenvalue weighted by molar-refractivity contribution is 5.89. The smallest absolute Gasteiger partial charge is 0.335 e. The zero-order valence-corrected chi connectivity index (χ0v) is 16.0. The highest BCUT2D eigenvalue weighted by atomic mass is 16.6. The van der Waals surface area contributed by atoms with Gasteiger partial charge in [-0.3, -0.25) is 4.79 Å². The Kier molecular flexibility index (Phi) is 5.55. The number of carboxylic acid groups (broad SMARTS) is 1. The topological polar surface area (TPSA) is 63.6 Å². The monoisotopic (exact) mass is 354 g/mol. The Morgan fingerprint density at radius 1 is 0.923 bits per heavy atom. The van der Waals surface area contributed by atoms with Crippen LogP contribution in [0.1, 0.15) is 50.5 Å². The predicted molar refractivity (Wildman–Crippen MR) is 102 cm³/mol. The van der Waals surface area contributed by atoms with Gasteiger partial charge in [-0.2, -0.15) is 0 Å². The van der Waals surface area contributed by atoms with E-state index in [1.165, 1.54) is 0 Å². The molecule has 4 heteroatoms. The van der Waals surface area contributed by atoms with Crippen LogP contribution in [-0.4, -0.2) is 22.6 Å². The molecule has 26 heavy (non-hydrogen) atoms. The zero-order valence-electron chi connectivity index (χ0n) is 16.0. The van der Waals surface area contributed by atoms with Gasteiger partial charge in [0.05, 0.1) is 11.0 Å². The Morgan fingerprint density at radius 2 is 1.50 bits per heavy atom. The van der Waals surface area contributed by atoms with E-state index in [0.29, 0.717) is 6.42 Å². The molecule has 0 bridgehead atoms. The van der Waals surface area contributed by atoms with E-state index in [0.717, 1.165) is 16.7 Å². The molecule has 0 fully saturated rings. The minimum Gasteiger partial charge on any atom is -0.478 e. The summed E-state index contributed by atoms with van der Waals surface area (Å²) in [6.07, 6.45) is 0.536. The molecule has 2 aromatic rings. The van der Waals surface area contributed by atoms with Crippen LogP contribution in [-0.2, 0) is 16.0 Å². The van der Waals surface area contributed by atoms with Gasteiger partial charge in [0, 0.05) is 0 Å². The highest BCUT2D eigenvalue weighted by Crippen LogP contribution is 2.29. The van der Waals surface area contributed by atoms with Gasteiger partial charge in [0.15, 0.2) is 0 Å². The van der Waals surface area contributed by atoms with Crippen molar-refractivity contribution >= 4 is 11.9 Å². The molecule has 0 aromatic heterocycles. The molecule has 1 N–H and O–H groups in total. The standard InChI is InChI=1S/C22H26O4/c1-21(2,3)26-20(25)22(4,5)14-15-8-6-9-16(12-15)17-10-7-11-18(13-17)19(23)24/h6-13H,14H2,1-5H3,(H,23,24). The van der Waals surface area contributed by atoms with Crippen LogP contribution < -0.4 is 0 Å². The molecule has 0 aliphatic heterocycles. The van der Waals surface area contributed by atoms with Crippen molar-refractivity contribution < 1.29 is 19.4 Å². The number of esters is 1. The maximum Gasteiger partial charge on any atom is 0.335 e. The average Bonchev–Trinajstić information content (AvgIpc) is 2.53.